The van der Waals surface area contributed by atoms with Gasteiger partial charge in [-0.05, 0) is 78.9 Å². The van der Waals surface area contributed by atoms with E-state index in [1.54, 1.807) is 0 Å². The topological polar surface area (TPSA) is 35.5 Å². The molecule has 2 aliphatic heterocycles. The van der Waals surface area contributed by atoms with Crippen LogP contribution in [0, 0.1) is 46.3 Å². The Hall–Kier alpha value is -0.670. The number of fused-ring (bicyclic) bond motifs is 7. The SMILES string of the molecule is C[C@@H]1CC[C@@]2(OC1)O[C@H]1C[C@@H]3[C@@H]4CC=C5CC(=O)CC[C@]5(C)[C@H]4CC[C@]3(C)[C@H]1[C@@H]2C. The highest BCUT2D eigenvalue weighted by atomic mass is 16.7. The Labute approximate surface area is 182 Å². The van der Waals surface area contributed by atoms with Gasteiger partial charge in [0.25, 0.3) is 0 Å². The number of Topliss-reactive ketones (excluding diaryl/α,β-unsaturated/α-hetero) is 1. The number of carbonyl (C=O) groups excluding carboxylic acids is 1. The first-order valence-corrected chi connectivity index (χ1v) is 12.8. The number of ether oxygens (including phenoxy) is 2. The third-order valence-electron chi connectivity index (χ3n) is 11.2. The molecule has 0 bridgehead atoms. The summed E-state index contributed by atoms with van der Waals surface area (Å²) in [5.41, 5.74) is 2.13. The highest BCUT2D eigenvalue weighted by Gasteiger charge is 2.68. The van der Waals surface area contributed by atoms with E-state index in [9.17, 15) is 4.79 Å². The van der Waals surface area contributed by atoms with Crippen LogP contribution >= 0.6 is 0 Å². The van der Waals surface area contributed by atoms with Gasteiger partial charge in [-0.1, -0.05) is 39.3 Å². The molecule has 6 aliphatic rings. The van der Waals surface area contributed by atoms with E-state index >= 15 is 0 Å². The molecule has 10 atom stereocenters. The number of carbonyl (C=O) groups is 1. The smallest absolute Gasteiger partial charge is 0.171 e. The monoisotopic (exact) mass is 412 g/mol. The largest absolute Gasteiger partial charge is 0.349 e. The molecule has 4 aliphatic carbocycles. The normalized spacial score (nSPS) is 57.4. The van der Waals surface area contributed by atoms with Gasteiger partial charge in [0.2, 0.25) is 0 Å². The van der Waals surface area contributed by atoms with Crippen molar-refractivity contribution in [1.29, 1.82) is 0 Å². The van der Waals surface area contributed by atoms with Crippen LogP contribution in [0.2, 0.25) is 0 Å². The molecule has 5 fully saturated rings. The van der Waals surface area contributed by atoms with Crippen LogP contribution in [-0.4, -0.2) is 24.3 Å². The van der Waals surface area contributed by atoms with E-state index in [1.165, 1.54) is 37.7 Å². The van der Waals surface area contributed by atoms with Crippen LogP contribution in [0.1, 0.15) is 85.5 Å². The van der Waals surface area contributed by atoms with Crippen molar-refractivity contribution in [2.45, 2.75) is 97.4 Å². The first-order chi connectivity index (χ1) is 14.3. The fourth-order valence-electron chi connectivity index (χ4n) is 9.49. The fraction of sp³-hybridized carbons (Fsp3) is 0.889. The average molecular weight is 413 g/mol. The third kappa shape index (κ3) is 2.48. The second-order valence-electron chi connectivity index (χ2n) is 12.5. The maximum atomic E-state index is 12.1. The van der Waals surface area contributed by atoms with Gasteiger partial charge in [-0.3, -0.25) is 4.79 Å². The Morgan fingerprint density at radius 2 is 1.90 bits per heavy atom. The minimum atomic E-state index is -0.304. The molecule has 0 N–H and O–H groups in total. The van der Waals surface area contributed by atoms with Crippen LogP contribution in [0.5, 0.6) is 0 Å². The van der Waals surface area contributed by atoms with Gasteiger partial charge < -0.3 is 9.47 Å². The van der Waals surface area contributed by atoms with Crippen LogP contribution in [0.4, 0.5) is 0 Å². The predicted octanol–water partition coefficient (Wildman–Crippen LogP) is 5.92. The average Bonchev–Trinajstić information content (AvgIpc) is 3.16. The second-order valence-corrected chi connectivity index (χ2v) is 12.5. The Morgan fingerprint density at radius 1 is 1.07 bits per heavy atom. The van der Waals surface area contributed by atoms with E-state index < -0.39 is 0 Å². The molecule has 0 unspecified atom stereocenters. The van der Waals surface area contributed by atoms with E-state index in [-0.39, 0.29) is 11.2 Å². The van der Waals surface area contributed by atoms with Crippen LogP contribution in [0.15, 0.2) is 11.6 Å². The van der Waals surface area contributed by atoms with Crippen molar-refractivity contribution in [2.75, 3.05) is 6.61 Å². The lowest BCUT2D eigenvalue weighted by Crippen LogP contribution is -2.52. The van der Waals surface area contributed by atoms with Gasteiger partial charge in [0, 0.05) is 25.2 Å². The molecule has 6 rings (SSSR count). The maximum Gasteiger partial charge on any atom is 0.171 e. The van der Waals surface area contributed by atoms with Gasteiger partial charge in [-0.2, -0.15) is 0 Å². The minimum Gasteiger partial charge on any atom is -0.349 e. The number of hydrogen-bond acceptors (Lipinski definition) is 3. The summed E-state index contributed by atoms with van der Waals surface area (Å²) in [5, 5.41) is 0. The Bertz CT molecular complexity index is 777. The van der Waals surface area contributed by atoms with Crippen molar-refractivity contribution in [2.24, 2.45) is 46.3 Å². The Kier molecular flexibility index (Phi) is 4.29. The molecule has 1 spiro atoms. The lowest BCUT2D eigenvalue weighted by Gasteiger charge is -2.58. The molecule has 0 aromatic carbocycles. The van der Waals surface area contributed by atoms with E-state index in [2.05, 4.69) is 33.8 Å². The highest BCUT2D eigenvalue weighted by molar-refractivity contribution is 5.82. The molecule has 166 valence electrons. The molecule has 0 aromatic heterocycles. The van der Waals surface area contributed by atoms with Gasteiger partial charge in [0.05, 0.1) is 12.7 Å². The molecular weight excluding hydrogens is 372 g/mol. The zero-order valence-corrected chi connectivity index (χ0v) is 19.4. The van der Waals surface area contributed by atoms with Gasteiger partial charge >= 0.3 is 0 Å². The summed E-state index contributed by atoms with van der Waals surface area (Å²) in [6, 6.07) is 0. The standard InChI is InChI=1S/C27H40O3/c1-16-7-12-27(29-15-16)17(2)24-23(30-27)14-22-20-6-5-18-13-19(28)8-10-25(18,3)21(20)9-11-26(22,24)4/h5,16-17,20-24H,6-15H2,1-4H3/t16-,17+,20-,21+,22-,23+,24+,25+,26+,27-/m1/s1. The van der Waals surface area contributed by atoms with Crippen LogP contribution < -0.4 is 0 Å². The summed E-state index contributed by atoms with van der Waals surface area (Å²) in [7, 11) is 0. The van der Waals surface area contributed by atoms with Gasteiger partial charge in [-0.25, -0.2) is 0 Å². The molecule has 0 aromatic rings. The summed E-state index contributed by atoms with van der Waals surface area (Å²) in [4.78, 5) is 12.1. The number of hydrogen-bond donors (Lipinski definition) is 0. The summed E-state index contributed by atoms with van der Waals surface area (Å²) >= 11 is 0. The number of rotatable bonds is 0. The van der Waals surface area contributed by atoms with Crippen LogP contribution in [0.3, 0.4) is 0 Å². The maximum absolute atomic E-state index is 12.1. The zero-order valence-electron chi connectivity index (χ0n) is 19.4. The molecule has 0 amide bonds. The van der Waals surface area contributed by atoms with Gasteiger partial charge in [0.1, 0.15) is 5.78 Å². The number of allylic oxidation sites excluding steroid dienone is 2. The molecule has 3 heteroatoms. The molecule has 30 heavy (non-hydrogen) atoms. The fourth-order valence-corrected chi connectivity index (χ4v) is 9.49. The van der Waals surface area contributed by atoms with E-state index in [4.69, 9.17) is 9.47 Å². The quantitative estimate of drug-likeness (QED) is 0.463. The molecular formula is C27H40O3. The first-order valence-electron chi connectivity index (χ1n) is 12.8. The second kappa shape index (κ2) is 6.44. The predicted molar refractivity (Wildman–Crippen MR) is 117 cm³/mol. The van der Waals surface area contributed by atoms with Crippen LogP contribution in [-0.2, 0) is 14.3 Å². The van der Waals surface area contributed by atoms with Gasteiger partial charge in [0.15, 0.2) is 5.79 Å². The van der Waals surface area contributed by atoms with Crippen molar-refractivity contribution in [3.8, 4) is 0 Å². The van der Waals surface area contributed by atoms with Gasteiger partial charge in [-0.15, -0.1) is 0 Å². The van der Waals surface area contributed by atoms with E-state index in [0.717, 1.165) is 50.0 Å². The Morgan fingerprint density at radius 3 is 2.67 bits per heavy atom. The molecule has 0 radical (unpaired) electrons. The van der Waals surface area contributed by atoms with Crippen molar-refractivity contribution < 1.29 is 14.3 Å². The molecule has 3 nitrogen and oxygen atoms in total. The molecule has 2 heterocycles. The first kappa shape index (κ1) is 20.0. The van der Waals surface area contributed by atoms with Crippen molar-refractivity contribution in [3.05, 3.63) is 11.6 Å². The third-order valence-corrected chi connectivity index (χ3v) is 11.2. The number of ketones is 1. The summed E-state index contributed by atoms with van der Waals surface area (Å²) < 4.78 is 13.3. The van der Waals surface area contributed by atoms with Crippen molar-refractivity contribution in [3.63, 3.8) is 0 Å². The molecule has 2 saturated heterocycles. The molecule has 3 saturated carbocycles. The van der Waals surface area contributed by atoms with Crippen molar-refractivity contribution >= 4 is 5.78 Å². The lowest BCUT2D eigenvalue weighted by atomic mass is 9.47. The minimum absolute atomic E-state index is 0.270. The van der Waals surface area contributed by atoms with E-state index in [0.29, 0.717) is 35.1 Å². The summed E-state index contributed by atoms with van der Waals surface area (Å²) in [6.45, 7) is 10.7. The summed E-state index contributed by atoms with van der Waals surface area (Å²) in [6.07, 6.45) is 12.9. The summed E-state index contributed by atoms with van der Waals surface area (Å²) in [5.74, 6) is 4.26. The van der Waals surface area contributed by atoms with E-state index in [1.807, 2.05) is 0 Å². The Balaban J connectivity index is 1.29. The van der Waals surface area contributed by atoms with Crippen molar-refractivity contribution in [1.82, 2.24) is 0 Å². The lowest BCUT2D eigenvalue weighted by molar-refractivity contribution is -0.272. The highest BCUT2D eigenvalue weighted by Crippen LogP contribution is 2.70. The van der Waals surface area contributed by atoms with Crippen LogP contribution in [0.25, 0.3) is 0 Å². The zero-order chi connectivity index (χ0) is 20.9.